The Morgan fingerprint density at radius 1 is 1.50 bits per heavy atom. The Hall–Kier alpha value is -2.23. The van der Waals surface area contributed by atoms with Crippen molar-refractivity contribution in [1.82, 2.24) is 24.9 Å². The van der Waals surface area contributed by atoms with E-state index in [9.17, 15) is 18.0 Å². The first-order valence-corrected chi connectivity index (χ1v) is 5.49. The number of carbonyl (C=O) groups excluding carboxylic acids is 1. The molecule has 1 atom stereocenters. The van der Waals surface area contributed by atoms with Crippen LogP contribution in [-0.2, 0) is 0 Å². The van der Waals surface area contributed by atoms with Crippen LogP contribution in [0.1, 0.15) is 16.1 Å². The van der Waals surface area contributed by atoms with Crippen molar-refractivity contribution in [2.24, 2.45) is 0 Å². The zero-order valence-corrected chi connectivity index (χ0v) is 10.2. The Bertz CT molecular complexity index is 639. The molecule has 2 rings (SSSR count). The van der Waals surface area contributed by atoms with Gasteiger partial charge in [0.1, 0.15) is 6.33 Å². The number of rotatable bonds is 3. The van der Waals surface area contributed by atoms with E-state index in [-0.39, 0.29) is 11.3 Å². The van der Waals surface area contributed by atoms with Crippen LogP contribution in [-0.4, -0.2) is 49.4 Å². The van der Waals surface area contributed by atoms with Crippen LogP contribution >= 0.6 is 0 Å². The van der Waals surface area contributed by atoms with Crippen molar-refractivity contribution in [1.29, 1.82) is 0 Å². The molecule has 0 saturated heterocycles. The van der Waals surface area contributed by atoms with Crippen LogP contribution in [0, 0.1) is 6.92 Å². The van der Waals surface area contributed by atoms with Crippen molar-refractivity contribution in [3.8, 4) is 0 Å². The second kappa shape index (κ2) is 5.04. The van der Waals surface area contributed by atoms with Crippen molar-refractivity contribution in [3.05, 3.63) is 23.8 Å². The average Bonchev–Trinajstić information content (AvgIpc) is 2.84. The first kappa shape index (κ1) is 14.2. The number of aromatic nitrogens is 4. The minimum atomic E-state index is -4.78. The van der Waals surface area contributed by atoms with Gasteiger partial charge in [-0.1, -0.05) is 0 Å². The number of nitrogens with one attached hydrogen (secondary N) is 1. The van der Waals surface area contributed by atoms with E-state index in [2.05, 4.69) is 15.1 Å². The summed E-state index contributed by atoms with van der Waals surface area (Å²) in [6.45, 7) is 0.621. The molecule has 10 heteroatoms. The quantitative estimate of drug-likeness (QED) is 0.835. The van der Waals surface area contributed by atoms with E-state index in [4.69, 9.17) is 5.11 Å². The fraction of sp³-hybridized carbons (Fsp3) is 0.400. The lowest BCUT2D eigenvalue weighted by Gasteiger charge is -2.15. The summed E-state index contributed by atoms with van der Waals surface area (Å²) in [6.07, 6.45) is -4.97. The summed E-state index contributed by atoms with van der Waals surface area (Å²) in [5.41, 5.74) is 0.434. The van der Waals surface area contributed by atoms with Gasteiger partial charge in [-0.3, -0.25) is 4.79 Å². The molecule has 0 radical (unpaired) electrons. The maximum Gasteiger partial charge on any atom is 0.416 e. The molecule has 7 nitrogen and oxygen atoms in total. The molecule has 2 N–H and O–H groups in total. The van der Waals surface area contributed by atoms with Crippen LogP contribution in [0.3, 0.4) is 0 Å². The third-order valence-corrected chi connectivity index (χ3v) is 2.62. The van der Waals surface area contributed by atoms with Gasteiger partial charge < -0.3 is 10.4 Å². The van der Waals surface area contributed by atoms with Gasteiger partial charge in [0, 0.05) is 6.20 Å². The molecule has 0 aromatic carbocycles. The number of aliphatic hydroxyl groups is 1. The summed E-state index contributed by atoms with van der Waals surface area (Å²) in [4.78, 5) is 19.4. The van der Waals surface area contributed by atoms with Crippen LogP contribution in [0.4, 0.5) is 13.2 Å². The van der Waals surface area contributed by atoms with Gasteiger partial charge in [0.2, 0.25) is 0 Å². The first-order valence-electron chi connectivity index (χ1n) is 5.49. The van der Waals surface area contributed by atoms with Crippen LogP contribution in [0.2, 0.25) is 0 Å². The highest BCUT2D eigenvalue weighted by molar-refractivity contribution is 5.95. The number of alkyl halides is 3. The van der Waals surface area contributed by atoms with Crippen molar-refractivity contribution in [2.75, 3.05) is 6.54 Å². The van der Waals surface area contributed by atoms with Crippen molar-refractivity contribution < 1.29 is 23.1 Å². The fourth-order valence-corrected chi connectivity index (χ4v) is 1.51. The van der Waals surface area contributed by atoms with Gasteiger partial charge in [0.05, 0.1) is 17.8 Å². The zero-order chi connectivity index (χ0) is 14.9. The summed E-state index contributed by atoms with van der Waals surface area (Å²) < 4.78 is 37.6. The maximum absolute atomic E-state index is 12.1. The Morgan fingerprint density at radius 3 is 2.85 bits per heavy atom. The minimum absolute atomic E-state index is 0.0531. The first-order chi connectivity index (χ1) is 9.30. The molecule has 0 aliphatic carbocycles. The predicted octanol–water partition coefficient (Wildman–Crippen LogP) is 0.0857. The van der Waals surface area contributed by atoms with Gasteiger partial charge >= 0.3 is 6.18 Å². The molecule has 1 unspecified atom stereocenters. The van der Waals surface area contributed by atoms with Crippen molar-refractivity contribution in [3.63, 3.8) is 0 Å². The van der Waals surface area contributed by atoms with Crippen LogP contribution in [0.15, 0.2) is 12.5 Å². The molecule has 0 aliphatic heterocycles. The molecule has 2 aromatic rings. The average molecular weight is 289 g/mol. The number of aryl methyl sites for hydroxylation is 1. The number of aliphatic hydroxyl groups excluding tert-OH is 1. The molecule has 0 bridgehead atoms. The highest BCUT2D eigenvalue weighted by Crippen LogP contribution is 2.19. The minimum Gasteiger partial charge on any atom is -0.382 e. The summed E-state index contributed by atoms with van der Waals surface area (Å²) in [5, 5.41) is 14.6. The number of hydrogen-bond acceptors (Lipinski definition) is 5. The van der Waals surface area contributed by atoms with Gasteiger partial charge in [0.25, 0.3) is 11.7 Å². The van der Waals surface area contributed by atoms with Gasteiger partial charge in [-0.25, -0.2) is 9.50 Å². The Kier molecular flexibility index (Phi) is 3.57. The topological polar surface area (TPSA) is 92.4 Å². The molecule has 0 fully saturated rings. The highest BCUT2D eigenvalue weighted by Gasteiger charge is 2.38. The Balaban J connectivity index is 2.14. The number of carbonyl (C=O) groups is 1. The molecule has 0 spiro atoms. The van der Waals surface area contributed by atoms with E-state index in [0.717, 1.165) is 0 Å². The monoisotopic (exact) mass is 289 g/mol. The largest absolute Gasteiger partial charge is 0.416 e. The second-order valence-electron chi connectivity index (χ2n) is 4.00. The van der Waals surface area contributed by atoms with Gasteiger partial charge in [-0.2, -0.15) is 23.3 Å². The maximum atomic E-state index is 12.1. The molecule has 0 saturated carbocycles. The summed E-state index contributed by atoms with van der Waals surface area (Å²) in [6, 6.07) is 0. The molecule has 0 aliphatic rings. The third-order valence-electron chi connectivity index (χ3n) is 2.62. The van der Waals surface area contributed by atoms with Crippen LogP contribution < -0.4 is 5.32 Å². The van der Waals surface area contributed by atoms with Crippen molar-refractivity contribution in [2.45, 2.75) is 19.2 Å². The molecular weight excluding hydrogens is 279 g/mol. The molecule has 2 aromatic heterocycles. The predicted molar refractivity (Wildman–Crippen MR) is 59.9 cm³/mol. The van der Waals surface area contributed by atoms with E-state index in [1.54, 1.807) is 6.92 Å². The molecule has 1 amide bonds. The van der Waals surface area contributed by atoms with E-state index >= 15 is 0 Å². The van der Waals surface area contributed by atoms with E-state index < -0.39 is 24.7 Å². The number of nitrogens with zero attached hydrogens (tertiary/aromatic N) is 4. The van der Waals surface area contributed by atoms with Gasteiger partial charge in [-0.15, -0.1) is 0 Å². The van der Waals surface area contributed by atoms with E-state index in [1.165, 1.54) is 17.0 Å². The van der Waals surface area contributed by atoms with Crippen molar-refractivity contribution >= 4 is 11.7 Å². The molecule has 2 heterocycles. The number of amides is 1. The van der Waals surface area contributed by atoms with Gasteiger partial charge in [-0.05, 0) is 6.92 Å². The summed E-state index contributed by atoms with van der Waals surface area (Å²) >= 11 is 0. The lowest BCUT2D eigenvalue weighted by molar-refractivity contribution is -0.201. The number of halogens is 3. The van der Waals surface area contributed by atoms with Gasteiger partial charge in [0.15, 0.2) is 6.10 Å². The smallest absolute Gasteiger partial charge is 0.382 e. The van der Waals surface area contributed by atoms with Crippen LogP contribution in [0.5, 0.6) is 0 Å². The molecule has 20 heavy (non-hydrogen) atoms. The van der Waals surface area contributed by atoms with E-state index in [0.29, 0.717) is 5.69 Å². The molecular formula is C10H10F3N5O2. The summed E-state index contributed by atoms with van der Waals surface area (Å²) in [7, 11) is 0. The SMILES string of the molecule is Cc1c(C(=O)NCC(O)C(F)(F)F)cnc2ncnn12. The number of fused-ring (bicyclic) bond motifs is 1. The second-order valence-corrected chi connectivity index (χ2v) is 4.00. The lowest BCUT2D eigenvalue weighted by Crippen LogP contribution is -2.41. The fourth-order valence-electron chi connectivity index (χ4n) is 1.51. The molecule has 108 valence electrons. The lowest BCUT2D eigenvalue weighted by atomic mass is 10.2. The Morgan fingerprint density at radius 2 is 2.20 bits per heavy atom. The standard InChI is InChI=1S/C10H10F3N5O2/c1-5-6(2-15-9-16-4-17-18(5)9)8(20)14-3-7(19)10(11,12)13/h2,4,7,19H,3H2,1H3,(H,14,20). The summed E-state index contributed by atoms with van der Waals surface area (Å²) in [5.74, 6) is -0.509. The third kappa shape index (κ3) is 2.69. The normalized spacial score (nSPS) is 13.4. The van der Waals surface area contributed by atoms with Crippen LogP contribution in [0.25, 0.3) is 5.78 Å². The Labute approximate surface area is 110 Å². The highest BCUT2D eigenvalue weighted by atomic mass is 19.4. The zero-order valence-electron chi connectivity index (χ0n) is 10.2. The number of hydrogen-bond donors (Lipinski definition) is 2. The van der Waals surface area contributed by atoms with E-state index in [1.807, 2.05) is 5.32 Å².